The van der Waals surface area contributed by atoms with Gasteiger partial charge in [-0.1, -0.05) is 6.07 Å². The molecule has 2 aliphatic heterocycles. The topological polar surface area (TPSA) is 44.8 Å². The lowest BCUT2D eigenvalue weighted by molar-refractivity contribution is 0.0982. The molecule has 0 amide bonds. The number of ketones is 1. The summed E-state index contributed by atoms with van der Waals surface area (Å²) in [4.78, 5) is 17.0. The zero-order valence-corrected chi connectivity index (χ0v) is 18.6. The molecule has 1 aromatic heterocycles. The van der Waals surface area contributed by atoms with Crippen LogP contribution in [0.15, 0.2) is 47.8 Å². The van der Waals surface area contributed by atoms with Gasteiger partial charge < -0.3 is 15.0 Å². The fourth-order valence-corrected chi connectivity index (χ4v) is 5.39. The van der Waals surface area contributed by atoms with Crippen LogP contribution in [0.1, 0.15) is 28.8 Å². The van der Waals surface area contributed by atoms with Gasteiger partial charge in [0.05, 0.1) is 13.2 Å². The van der Waals surface area contributed by atoms with Gasteiger partial charge in [-0.3, -0.25) is 9.69 Å². The number of carbonyl (C=O) groups excluding carboxylic acids is 1. The largest absolute Gasteiger partial charge is 0.494 e. The number of Topliss-reactive ketones (excluding diaryl/α,β-unsaturated/α-hetero) is 1. The average Bonchev–Trinajstić information content (AvgIpc) is 3.29. The number of hydrogen-bond acceptors (Lipinski definition) is 6. The summed E-state index contributed by atoms with van der Waals surface area (Å²) in [7, 11) is 0. The predicted molar refractivity (Wildman–Crippen MR) is 128 cm³/mol. The van der Waals surface area contributed by atoms with Gasteiger partial charge in [-0.2, -0.15) is 0 Å². The first kappa shape index (κ1) is 20.5. The number of nitrogens with zero attached hydrogens (tertiary/aromatic N) is 2. The summed E-state index contributed by atoms with van der Waals surface area (Å²) in [5.74, 6) is 1.03. The van der Waals surface area contributed by atoms with Gasteiger partial charge in [0.2, 0.25) is 0 Å². The van der Waals surface area contributed by atoms with Crippen molar-refractivity contribution in [3.63, 3.8) is 0 Å². The van der Waals surface area contributed by atoms with E-state index in [9.17, 15) is 4.79 Å². The zero-order valence-electron chi connectivity index (χ0n) is 17.8. The first-order valence-electron chi connectivity index (χ1n) is 11.2. The molecule has 0 atom stereocenters. The van der Waals surface area contributed by atoms with Crippen molar-refractivity contribution in [1.82, 2.24) is 10.2 Å². The third-order valence-electron chi connectivity index (χ3n) is 6.30. The van der Waals surface area contributed by atoms with Crippen LogP contribution in [0.4, 0.5) is 5.69 Å². The molecule has 0 unspecified atom stereocenters. The Morgan fingerprint density at radius 3 is 2.81 bits per heavy atom. The van der Waals surface area contributed by atoms with Gasteiger partial charge in [0.25, 0.3) is 0 Å². The Bertz CT molecular complexity index is 1060. The van der Waals surface area contributed by atoms with Crippen LogP contribution in [0, 0.1) is 0 Å². The SMILES string of the molecule is O=C1CNCc2cc(OCCCCN3CCN(c4cccc5sccc45)CC3)ccc21. The van der Waals surface area contributed by atoms with Crippen molar-refractivity contribution in [3.05, 3.63) is 59.0 Å². The number of unbranched alkanes of at least 4 members (excludes halogenated alkanes) is 1. The number of thiophene rings is 1. The summed E-state index contributed by atoms with van der Waals surface area (Å²) in [6.07, 6.45) is 2.19. The maximum atomic E-state index is 11.9. The van der Waals surface area contributed by atoms with E-state index < -0.39 is 0 Å². The fourth-order valence-electron chi connectivity index (χ4n) is 4.58. The molecule has 6 heteroatoms. The molecular weight excluding hydrogens is 406 g/mol. The second kappa shape index (κ2) is 9.39. The third-order valence-corrected chi connectivity index (χ3v) is 7.18. The number of ether oxygens (including phenoxy) is 1. The molecule has 0 radical (unpaired) electrons. The van der Waals surface area contributed by atoms with E-state index in [1.54, 1.807) is 0 Å². The monoisotopic (exact) mass is 435 g/mol. The summed E-state index contributed by atoms with van der Waals surface area (Å²) in [6.45, 7) is 7.44. The molecule has 3 aromatic rings. The van der Waals surface area contributed by atoms with Crippen LogP contribution in [-0.2, 0) is 6.54 Å². The third kappa shape index (κ3) is 4.61. The van der Waals surface area contributed by atoms with Crippen LogP contribution in [0.5, 0.6) is 5.75 Å². The van der Waals surface area contributed by atoms with Gasteiger partial charge >= 0.3 is 0 Å². The van der Waals surface area contributed by atoms with Crippen molar-refractivity contribution < 1.29 is 9.53 Å². The van der Waals surface area contributed by atoms with Crippen LogP contribution in [0.2, 0.25) is 0 Å². The first-order chi connectivity index (χ1) is 15.3. The molecule has 0 aliphatic carbocycles. The van der Waals surface area contributed by atoms with Crippen LogP contribution in [0.3, 0.4) is 0 Å². The number of nitrogens with one attached hydrogen (secondary N) is 1. The van der Waals surface area contributed by atoms with Crippen molar-refractivity contribution in [2.24, 2.45) is 0 Å². The molecule has 0 saturated carbocycles. The highest BCUT2D eigenvalue weighted by Crippen LogP contribution is 2.31. The molecule has 1 fully saturated rings. The summed E-state index contributed by atoms with van der Waals surface area (Å²) < 4.78 is 7.32. The van der Waals surface area contributed by atoms with Gasteiger partial charge in [0, 0.05) is 54.1 Å². The maximum Gasteiger partial charge on any atom is 0.176 e. The van der Waals surface area contributed by atoms with Gasteiger partial charge in [0.1, 0.15) is 5.75 Å². The number of hydrogen-bond donors (Lipinski definition) is 1. The lowest BCUT2D eigenvalue weighted by atomic mass is 10.00. The molecule has 162 valence electrons. The minimum Gasteiger partial charge on any atom is -0.494 e. The number of piperazine rings is 1. The average molecular weight is 436 g/mol. The first-order valence-corrected chi connectivity index (χ1v) is 12.1. The molecule has 0 bridgehead atoms. The number of rotatable bonds is 7. The summed E-state index contributed by atoms with van der Waals surface area (Å²) >= 11 is 1.82. The van der Waals surface area contributed by atoms with E-state index in [0.717, 1.165) is 75.6 Å². The van der Waals surface area contributed by atoms with Crippen LogP contribution >= 0.6 is 11.3 Å². The van der Waals surface area contributed by atoms with Crippen molar-refractivity contribution in [2.45, 2.75) is 19.4 Å². The number of benzene rings is 2. The molecule has 0 spiro atoms. The number of anilines is 1. The molecule has 31 heavy (non-hydrogen) atoms. The Hall–Kier alpha value is -2.41. The Morgan fingerprint density at radius 2 is 1.90 bits per heavy atom. The van der Waals surface area contributed by atoms with E-state index >= 15 is 0 Å². The van der Waals surface area contributed by atoms with E-state index in [1.165, 1.54) is 15.8 Å². The zero-order chi connectivity index (χ0) is 21.0. The maximum absolute atomic E-state index is 11.9. The summed E-state index contributed by atoms with van der Waals surface area (Å²) in [6, 6.07) is 14.7. The second-order valence-electron chi connectivity index (χ2n) is 8.34. The highest BCUT2D eigenvalue weighted by molar-refractivity contribution is 7.17. The molecule has 2 aliphatic rings. The highest BCUT2D eigenvalue weighted by Gasteiger charge is 2.19. The number of carbonyl (C=O) groups is 1. The molecule has 1 N–H and O–H groups in total. The van der Waals surface area contributed by atoms with Crippen LogP contribution in [-0.4, -0.2) is 56.6 Å². The van der Waals surface area contributed by atoms with Crippen molar-refractivity contribution >= 4 is 32.9 Å². The molecule has 3 heterocycles. The minimum absolute atomic E-state index is 0.167. The lowest BCUT2D eigenvalue weighted by Crippen LogP contribution is -2.46. The summed E-state index contributed by atoms with van der Waals surface area (Å²) in [5.41, 5.74) is 3.26. The van der Waals surface area contributed by atoms with Gasteiger partial charge in [-0.15, -0.1) is 11.3 Å². The van der Waals surface area contributed by atoms with Crippen molar-refractivity contribution in [2.75, 3.05) is 50.8 Å². The predicted octanol–water partition coefficient (Wildman–Crippen LogP) is 4.17. The van der Waals surface area contributed by atoms with Gasteiger partial charge in [0.15, 0.2) is 5.78 Å². The van der Waals surface area contributed by atoms with E-state index in [0.29, 0.717) is 6.54 Å². The Balaban J connectivity index is 1.04. The Kier molecular flexibility index (Phi) is 6.20. The van der Waals surface area contributed by atoms with E-state index in [4.69, 9.17) is 4.74 Å². The Morgan fingerprint density at radius 1 is 1.00 bits per heavy atom. The standard InChI is InChI=1S/C25H29N3O2S/c29-24-18-26-17-19-16-20(6-7-21(19)24)30-14-2-1-9-27-10-12-28(13-11-27)23-4-3-5-25-22(23)8-15-31-25/h3-8,15-16,26H,1-2,9-14,17-18H2. The van der Waals surface area contributed by atoms with Crippen molar-refractivity contribution in [3.8, 4) is 5.75 Å². The number of fused-ring (bicyclic) bond motifs is 2. The molecule has 5 nitrogen and oxygen atoms in total. The van der Waals surface area contributed by atoms with E-state index in [-0.39, 0.29) is 5.78 Å². The molecular formula is C25H29N3O2S. The van der Waals surface area contributed by atoms with E-state index in [1.807, 2.05) is 29.5 Å². The minimum atomic E-state index is 0.167. The fraction of sp³-hybridized carbons (Fsp3) is 0.400. The van der Waals surface area contributed by atoms with Gasteiger partial charge in [-0.25, -0.2) is 0 Å². The van der Waals surface area contributed by atoms with Gasteiger partial charge in [-0.05, 0) is 66.7 Å². The highest BCUT2D eigenvalue weighted by atomic mass is 32.1. The molecule has 2 aromatic carbocycles. The van der Waals surface area contributed by atoms with E-state index in [2.05, 4.69) is 44.8 Å². The summed E-state index contributed by atoms with van der Waals surface area (Å²) in [5, 5.41) is 6.71. The normalized spacial score (nSPS) is 17.2. The second-order valence-corrected chi connectivity index (χ2v) is 9.29. The van der Waals surface area contributed by atoms with Crippen LogP contribution in [0.25, 0.3) is 10.1 Å². The van der Waals surface area contributed by atoms with Crippen molar-refractivity contribution in [1.29, 1.82) is 0 Å². The van der Waals surface area contributed by atoms with Crippen LogP contribution < -0.4 is 15.0 Å². The Labute approximate surface area is 187 Å². The molecule has 1 saturated heterocycles. The molecule has 5 rings (SSSR count). The quantitative estimate of drug-likeness (QED) is 0.565. The lowest BCUT2D eigenvalue weighted by Gasteiger charge is -2.36. The smallest absolute Gasteiger partial charge is 0.176 e.